The third-order valence-electron chi connectivity index (χ3n) is 9.01. The molecule has 2 aliphatic heterocycles. The minimum absolute atomic E-state index is 0.0102. The van der Waals surface area contributed by atoms with E-state index in [2.05, 4.69) is 30.7 Å². The van der Waals surface area contributed by atoms with Gasteiger partial charge in [-0.25, -0.2) is 19.4 Å². The number of benzene rings is 1. The normalized spacial score (nSPS) is 15.1. The maximum Gasteiger partial charge on any atom is 0.490 e. The van der Waals surface area contributed by atoms with Gasteiger partial charge in [-0.3, -0.25) is 14.4 Å². The first-order valence-corrected chi connectivity index (χ1v) is 17.5. The number of carbonyl (C=O) groups excluding carboxylic acids is 3. The van der Waals surface area contributed by atoms with Gasteiger partial charge in [0.25, 0.3) is 17.8 Å². The number of rotatable bonds is 7. The van der Waals surface area contributed by atoms with Crippen LogP contribution in [0.3, 0.4) is 0 Å². The van der Waals surface area contributed by atoms with Gasteiger partial charge < -0.3 is 35.0 Å². The summed E-state index contributed by atoms with van der Waals surface area (Å²) in [6, 6.07) is 6.02. The number of carboxylic acids is 1. The molecule has 1 aromatic carbocycles. The van der Waals surface area contributed by atoms with Crippen molar-refractivity contribution in [1.29, 1.82) is 0 Å². The van der Waals surface area contributed by atoms with Gasteiger partial charge in [0.15, 0.2) is 11.5 Å². The third-order valence-corrected chi connectivity index (χ3v) is 9.32. The van der Waals surface area contributed by atoms with Gasteiger partial charge in [0.2, 0.25) is 5.91 Å². The van der Waals surface area contributed by atoms with E-state index in [1.807, 2.05) is 4.90 Å². The van der Waals surface area contributed by atoms with Crippen molar-refractivity contribution in [3.8, 4) is 17.2 Å². The number of alkyl halides is 6. The summed E-state index contributed by atoms with van der Waals surface area (Å²) in [5.74, 6) is -3.41. The second kappa shape index (κ2) is 17.2. The number of carboxylic acid groups (broad SMARTS) is 1. The van der Waals surface area contributed by atoms with Crippen molar-refractivity contribution in [2.45, 2.75) is 25.2 Å². The fourth-order valence-corrected chi connectivity index (χ4v) is 6.28. The van der Waals surface area contributed by atoms with Gasteiger partial charge >= 0.3 is 18.3 Å². The number of aliphatic carboxylic acids is 1. The number of piperidine rings is 1. The molecule has 0 saturated carbocycles. The molecular weight excluding hydrogens is 792 g/mol. The lowest BCUT2D eigenvalue weighted by atomic mass is 9.96. The first-order chi connectivity index (χ1) is 26.8. The highest BCUT2D eigenvalue weighted by Crippen LogP contribution is 2.37. The van der Waals surface area contributed by atoms with E-state index in [1.165, 1.54) is 36.0 Å². The Balaban J connectivity index is 0.000000811. The molecule has 16 nitrogen and oxygen atoms in total. The van der Waals surface area contributed by atoms with E-state index in [4.69, 9.17) is 21.5 Å². The molecule has 306 valence electrons. The van der Waals surface area contributed by atoms with E-state index in [0.717, 1.165) is 43.0 Å². The summed E-state index contributed by atoms with van der Waals surface area (Å²) in [5.41, 5.74) is -1.06. The van der Waals surface area contributed by atoms with Crippen LogP contribution in [0.4, 0.5) is 37.8 Å². The number of anilines is 2. The van der Waals surface area contributed by atoms with Crippen molar-refractivity contribution in [1.82, 2.24) is 44.4 Å². The van der Waals surface area contributed by atoms with Crippen LogP contribution in [-0.4, -0.2) is 127 Å². The summed E-state index contributed by atoms with van der Waals surface area (Å²) in [5, 5.41) is 16.9. The lowest BCUT2D eigenvalue weighted by Gasteiger charge is -2.37. The number of nitrogens with zero attached hydrogens (tertiary/aromatic N) is 9. The number of halogens is 7. The predicted octanol–water partition coefficient (Wildman–Crippen LogP) is 3.97. The Bertz CT molecular complexity index is 2120. The molecule has 3 amide bonds. The van der Waals surface area contributed by atoms with Crippen molar-refractivity contribution in [2.75, 3.05) is 63.6 Å². The molecule has 0 spiro atoms. The molecule has 2 aliphatic rings. The smallest absolute Gasteiger partial charge is 0.475 e. The lowest BCUT2D eigenvalue weighted by Crippen LogP contribution is -2.52. The van der Waals surface area contributed by atoms with Gasteiger partial charge in [-0.15, -0.1) is 0 Å². The van der Waals surface area contributed by atoms with Gasteiger partial charge in [-0.05, 0) is 50.2 Å². The van der Waals surface area contributed by atoms with Gasteiger partial charge in [0.1, 0.15) is 5.82 Å². The number of nitrogens with one attached hydrogen (secondary N) is 2. The van der Waals surface area contributed by atoms with Crippen molar-refractivity contribution in [2.24, 2.45) is 13.0 Å². The number of imidazole rings is 1. The van der Waals surface area contributed by atoms with E-state index in [9.17, 15) is 40.7 Å². The van der Waals surface area contributed by atoms with Crippen LogP contribution < -0.4 is 15.5 Å². The van der Waals surface area contributed by atoms with Crippen LogP contribution in [0.25, 0.3) is 17.2 Å². The molecule has 6 rings (SSSR count). The largest absolute Gasteiger partial charge is 0.490 e. The fraction of sp³-hybridized carbons (Fsp3) is 0.412. The Morgan fingerprint density at radius 3 is 2.18 bits per heavy atom. The first kappa shape index (κ1) is 42.4. The van der Waals surface area contributed by atoms with Crippen LogP contribution in [-0.2, 0) is 22.8 Å². The van der Waals surface area contributed by atoms with E-state index in [-0.39, 0.29) is 57.0 Å². The first-order valence-electron chi connectivity index (χ1n) is 17.2. The Kier molecular flexibility index (Phi) is 12.8. The molecule has 2 fully saturated rings. The van der Waals surface area contributed by atoms with E-state index in [0.29, 0.717) is 32.0 Å². The molecule has 4 aromatic rings. The molecule has 57 heavy (non-hydrogen) atoms. The molecule has 0 aliphatic carbocycles. The molecule has 0 unspecified atom stereocenters. The van der Waals surface area contributed by atoms with Crippen LogP contribution in [0.5, 0.6) is 0 Å². The van der Waals surface area contributed by atoms with Crippen molar-refractivity contribution in [3.63, 3.8) is 0 Å². The molecular formula is C34H36ClF6N11O5. The highest BCUT2D eigenvalue weighted by Gasteiger charge is 2.40. The minimum atomic E-state index is -5.08. The lowest BCUT2D eigenvalue weighted by molar-refractivity contribution is -0.192. The Hall–Kier alpha value is -5.77. The van der Waals surface area contributed by atoms with Crippen LogP contribution in [0.2, 0.25) is 5.02 Å². The molecule has 23 heteroatoms. The van der Waals surface area contributed by atoms with Crippen LogP contribution in [0.1, 0.15) is 39.5 Å². The Morgan fingerprint density at radius 2 is 1.60 bits per heavy atom. The van der Waals surface area contributed by atoms with Gasteiger partial charge in [-0.1, -0.05) is 11.6 Å². The number of carbonyl (C=O) groups is 4. The summed E-state index contributed by atoms with van der Waals surface area (Å²) >= 11 is 6.49. The van der Waals surface area contributed by atoms with Crippen molar-refractivity contribution in [3.05, 3.63) is 65.0 Å². The maximum absolute atomic E-state index is 14.1. The number of piperazine rings is 1. The number of aromatic nitrogens is 6. The van der Waals surface area contributed by atoms with Crippen molar-refractivity contribution < 1.29 is 50.6 Å². The summed E-state index contributed by atoms with van der Waals surface area (Å²) in [6.07, 6.45) is -4.60. The zero-order valence-electron chi connectivity index (χ0n) is 30.5. The average Bonchev–Trinajstić information content (AvgIpc) is 3.79. The molecule has 0 atom stereocenters. The number of amides is 3. The Morgan fingerprint density at radius 1 is 0.965 bits per heavy atom. The Labute approximate surface area is 325 Å². The zero-order valence-corrected chi connectivity index (χ0v) is 31.3. The van der Waals surface area contributed by atoms with E-state index >= 15 is 0 Å². The quantitative estimate of drug-likeness (QED) is 0.229. The fourth-order valence-electron chi connectivity index (χ4n) is 6.02. The summed E-state index contributed by atoms with van der Waals surface area (Å²) in [7, 11) is 4.87. The minimum Gasteiger partial charge on any atom is -0.475 e. The molecule has 0 bridgehead atoms. The van der Waals surface area contributed by atoms with E-state index < -0.39 is 29.9 Å². The average molecular weight is 828 g/mol. The highest BCUT2D eigenvalue weighted by molar-refractivity contribution is 6.34. The predicted molar refractivity (Wildman–Crippen MR) is 192 cm³/mol. The second-order valence-corrected chi connectivity index (χ2v) is 13.5. The van der Waals surface area contributed by atoms with Crippen LogP contribution in [0.15, 0.2) is 42.9 Å². The number of hydrogen-bond acceptors (Lipinski definition) is 10. The summed E-state index contributed by atoms with van der Waals surface area (Å²) in [4.78, 5) is 65.9. The van der Waals surface area contributed by atoms with Crippen molar-refractivity contribution >= 4 is 46.8 Å². The van der Waals surface area contributed by atoms with Gasteiger partial charge in [0, 0.05) is 71.3 Å². The molecule has 2 saturated heterocycles. The topological polar surface area (TPSA) is 184 Å². The maximum atomic E-state index is 14.1. The standard InChI is InChI=1S/C32H35ClF3N11O3.C2HF3O2/c1-43(2)25-8-11-38-31(41-25)47-18-22(26(42-47)32(34,35)36)24-17-39-27(44(24)3)28(48)40-20-4-5-21(23(33)16-20)30(50)46-14-12-45(13-15-46)29(49)19-6-9-37-10-7-19;3-2(4,5)1(6)7/h4-5,8,11,16-19,37H,6-7,9-10,12-15H2,1-3H3,(H,40,48);(H,6,7). The van der Waals surface area contributed by atoms with Crippen LogP contribution >= 0.6 is 11.6 Å². The third kappa shape index (κ3) is 9.97. The molecule has 0 radical (unpaired) electrons. The van der Waals surface area contributed by atoms with Gasteiger partial charge in [0.05, 0.1) is 28.0 Å². The van der Waals surface area contributed by atoms with Crippen LogP contribution in [0, 0.1) is 5.92 Å². The highest BCUT2D eigenvalue weighted by atomic mass is 35.5. The SMILES string of the molecule is CN(C)c1ccnc(-n2cc(-c3cnc(C(=O)Nc4ccc(C(=O)N5CCN(C(=O)C6CCNCC6)CC5)c(Cl)c4)n3C)c(C(F)(F)F)n2)n1.O=C(O)C(F)(F)F. The molecule has 3 N–H and O–H groups in total. The zero-order chi connectivity index (χ0) is 41.8. The molecule has 3 aromatic heterocycles. The molecule has 5 heterocycles. The van der Waals surface area contributed by atoms with Gasteiger partial charge in [-0.2, -0.15) is 36.4 Å². The monoisotopic (exact) mass is 827 g/mol. The summed E-state index contributed by atoms with van der Waals surface area (Å²) < 4.78 is 76.3. The summed E-state index contributed by atoms with van der Waals surface area (Å²) in [6.45, 7) is 3.27. The second-order valence-electron chi connectivity index (χ2n) is 13.1. The van der Waals surface area contributed by atoms with E-state index in [1.54, 1.807) is 30.0 Å². The number of hydrogen-bond donors (Lipinski definition) is 3.